The maximum Gasteiger partial charge on any atom is 0.0462 e. The minimum absolute atomic E-state index is 1.12. The van der Waals surface area contributed by atoms with Gasteiger partial charge >= 0.3 is 0 Å². The van der Waals surface area contributed by atoms with Crippen LogP contribution in [-0.4, -0.2) is 0 Å². The van der Waals surface area contributed by atoms with Gasteiger partial charge in [-0.15, -0.1) is 0 Å². The smallest absolute Gasteiger partial charge is 0.0462 e. The molecule has 9 aromatic carbocycles. The van der Waals surface area contributed by atoms with Gasteiger partial charge in [0.25, 0.3) is 0 Å². The molecule has 0 aliphatic carbocycles. The minimum Gasteiger partial charge on any atom is -0.311 e. The predicted molar refractivity (Wildman–Crippen MR) is 210 cm³/mol. The first-order valence-corrected chi connectivity index (χ1v) is 16.8. The third-order valence-corrected chi connectivity index (χ3v) is 9.67. The molecule has 0 atom stereocenters. The molecule has 0 fully saturated rings. The molecule has 0 saturated heterocycles. The molecule has 0 heterocycles. The lowest BCUT2D eigenvalue weighted by molar-refractivity contribution is 1.28. The van der Waals surface area contributed by atoms with Gasteiger partial charge < -0.3 is 4.90 Å². The molecule has 9 rings (SSSR count). The molecule has 0 aliphatic rings. The third kappa shape index (κ3) is 5.42. The van der Waals surface area contributed by atoms with Gasteiger partial charge in [-0.2, -0.15) is 0 Å². The lowest BCUT2D eigenvalue weighted by atomic mass is 9.95. The Hall–Kier alpha value is -6.44. The first kappa shape index (κ1) is 28.8. The summed E-state index contributed by atoms with van der Waals surface area (Å²) < 4.78 is 0. The Morgan fingerprint density at radius 2 is 0.612 bits per heavy atom. The van der Waals surface area contributed by atoms with Gasteiger partial charge in [0.2, 0.25) is 0 Å². The summed E-state index contributed by atoms with van der Waals surface area (Å²) in [5.41, 5.74) is 10.6. The molecule has 0 radical (unpaired) electrons. The van der Waals surface area contributed by atoms with Crippen molar-refractivity contribution in [1.29, 1.82) is 0 Å². The Morgan fingerprint density at radius 3 is 1.22 bits per heavy atom. The van der Waals surface area contributed by atoms with Crippen molar-refractivity contribution < 1.29 is 0 Å². The highest BCUT2D eigenvalue weighted by Gasteiger charge is 2.14. The highest BCUT2D eigenvalue weighted by atomic mass is 15.1. The van der Waals surface area contributed by atoms with Gasteiger partial charge in [-0.05, 0) is 108 Å². The van der Waals surface area contributed by atoms with E-state index in [1.807, 2.05) is 0 Å². The summed E-state index contributed by atoms with van der Waals surface area (Å²) >= 11 is 0. The number of rotatable bonds is 6. The second kappa shape index (κ2) is 12.3. The van der Waals surface area contributed by atoms with Gasteiger partial charge in [0.15, 0.2) is 0 Å². The summed E-state index contributed by atoms with van der Waals surface area (Å²) in [6, 6.07) is 72.3. The van der Waals surface area contributed by atoms with Crippen LogP contribution in [0.2, 0.25) is 0 Å². The molecule has 0 unspecified atom stereocenters. The van der Waals surface area contributed by atoms with Crippen LogP contribution in [0, 0.1) is 0 Å². The van der Waals surface area contributed by atoms with Crippen molar-refractivity contribution in [3.63, 3.8) is 0 Å². The van der Waals surface area contributed by atoms with Gasteiger partial charge in [0.1, 0.15) is 0 Å². The number of benzene rings is 9. The van der Waals surface area contributed by atoms with Crippen LogP contribution in [0.3, 0.4) is 0 Å². The fourth-order valence-corrected chi connectivity index (χ4v) is 7.12. The standard InChI is InChI=1S/C48H33N/c1-3-9-34(10-4-1)35-15-17-36(18-16-35)37-19-26-43(27-20-37)49(42-12-5-2-6-13-42)44-28-21-38(22-29-44)40-24-30-46-41(33-40)25-32-47-45-14-8-7-11-39(45)23-31-48(46)47/h1-33H. The van der Waals surface area contributed by atoms with E-state index in [9.17, 15) is 0 Å². The average molecular weight is 624 g/mol. The predicted octanol–water partition coefficient (Wildman–Crippen LogP) is 13.6. The van der Waals surface area contributed by atoms with E-state index in [4.69, 9.17) is 0 Å². The van der Waals surface area contributed by atoms with E-state index in [1.165, 1.54) is 65.7 Å². The molecular formula is C48H33N. The Balaban J connectivity index is 1.02. The van der Waals surface area contributed by atoms with Crippen LogP contribution < -0.4 is 4.90 Å². The van der Waals surface area contributed by atoms with Crippen LogP contribution in [0.15, 0.2) is 200 Å². The largest absolute Gasteiger partial charge is 0.311 e. The zero-order valence-electron chi connectivity index (χ0n) is 27.0. The second-order valence-electron chi connectivity index (χ2n) is 12.6. The topological polar surface area (TPSA) is 3.24 Å². The molecule has 0 amide bonds. The molecular weight excluding hydrogens is 591 g/mol. The van der Waals surface area contributed by atoms with Crippen LogP contribution in [0.5, 0.6) is 0 Å². The molecule has 49 heavy (non-hydrogen) atoms. The lowest BCUT2D eigenvalue weighted by Crippen LogP contribution is -2.09. The van der Waals surface area contributed by atoms with Gasteiger partial charge in [0, 0.05) is 17.1 Å². The van der Waals surface area contributed by atoms with E-state index in [0.29, 0.717) is 0 Å². The number of nitrogens with zero attached hydrogens (tertiary/aromatic N) is 1. The third-order valence-electron chi connectivity index (χ3n) is 9.67. The Kier molecular flexibility index (Phi) is 7.22. The maximum atomic E-state index is 2.32. The fraction of sp³-hybridized carbons (Fsp3) is 0. The van der Waals surface area contributed by atoms with Crippen LogP contribution in [0.4, 0.5) is 17.1 Å². The Labute approximate surface area is 287 Å². The Bertz CT molecular complexity index is 2550. The van der Waals surface area contributed by atoms with E-state index in [-0.39, 0.29) is 0 Å². The molecule has 0 spiro atoms. The monoisotopic (exact) mass is 623 g/mol. The van der Waals surface area contributed by atoms with Crippen molar-refractivity contribution in [1.82, 2.24) is 0 Å². The SMILES string of the molecule is c1ccc(-c2ccc(-c3ccc(N(c4ccccc4)c4ccc(-c5ccc6c(ccc7c8ccccc8ccc67)c5)cc4)cc3)cc2)cc1. The van der Waals surface area contributed by atoms with E-state index in [2.05, 4.69) is 205 Å². The number of fused-ring (bicyclic) bond motifs is 5. The quantitative estimate of drug-likeness (QED) is 0.167. The van der Waals surface area contributed by atoms with E-state index in [0.717, 1.165) is 17.1 Å². The highest BCUT2D eigenvalue weighted by Crippen LogP contribution is 2.38. The molecule has 0 bridgehead atoms. The lowest BCUT2D eigenvalue weighted by Gasteiger charge is -2.26. The summed E-state index contributed by atoms with van der Waals surface area (Å²) in [7, 11) is 0. The van der Waals surface area contributed by atoms with Crippen LogP contribution >= 0.6 is 0 Å². The minimum atomic E-state index is 1.12. The number of hydrogen-bond donors (Lipinski definition) is 0. The van der Waals surface area contributed by atoms with Gasteiger partial charge in [-0.1, -0.05) is 158 Å². The summed E-state index contributed by atoms with van der Waals surface area (Å²) in [5, 5.41) is 7.72. The highest BCUT2D eigenvalue weighted by molar-refractivity contribution is 6.17. The molecule has 0 aromatic heterocycles. The second-order valence-corrected chi connectivity index (χ2v) is 12.6. The number of anilines is 3. The van der Waals surface area contributed by atoms with Crippen LogP contribution in [-0.2, 0) is 0 Å². The zero-order chi connectivity index (χ0) is 32.6. The summed E-state index contributed by atoms with van der Waals surface area (Å²) in [5.74, 6) is 0. The molecule has 0 N–H and O–H groups in total. The van der Waals surface area contributed by atoms with Gasteiger partial charge in [-0.25, -0.2) is 0 Å². The normalized spacial score (nSPS) is 11.3. The fourth-order valence-electron chi connectivity index (χ4n) is 7.12. The molecule has 1 heteroatoms. The van der Waals surface area contributed by atoms with Crippen LogP contribution in [0.1, 0.15) is 0 Å². The van der Waals surface area contributed by atoms with E-state index in [1.54, 1.807) is 0 Å². The summed E-state index contributed by atoms with van der Waals surface area (Å²) in [4.78, 5) is 2.32. The molecule has 0 aliphatic heterocycles. The molecule has 1 nitrogen and oxygen atoms in total. The zero-order valence-corrected chi connectivity index (χ0v) is 27.0. The molecule has 230 valence electrons. The van der Waals surface area contributed by atoms with E-state index >= 15 is 0 Å². The molecule has 9 aromatic rings. The van der Waals surface area contributed by atoms with Crippen molar-refractivity contribution in [3.05, 3.63) is 200 Å². The first-order chi connectivity index (χ1) is 24.3. The van der Waals surface area contributed by atoms with Crippen molar-refractivity contribution >= 4 is 49.4 Å². The van der Waals surface area contributed by atoms with Crippen LogP contribution in [0.25, 0.3) is 65.7 Å². The van der Waals surface area contributed by atoms with Crippen molar-refractivity contribution in [2.24, 2.45) is 0 Å². The molecule has 0 saturated carbocycles. The van der Waals surface area contributed by atoms with Gasteiger partial charge in [0.05, 0.1) is 0 Å². The van der Waals surface area contributed by atoms with E-state index < -0.39 is 0 Å². The van der Waals surface area contributed by atoms with Crippen molar-refractivity contribution in [2.45, 2.75) is 0 Å². The van der Waals surface area contributed by atoms with Crippen molar-refractivity contribution in [2.75, 3.05) is 4.90 Å². The average Bonchev–Trinajstić information content (AvgIpc) is 3.19. The first-order valence-electron chi connectivity index (χ1n) is 16.8. The maximum absolute atomic E-state index is 2.32. The summed E-state index contributed by atoms with van der Waals surface area (Å²) in [6.45, 7) is 0. The van der Waals surface area contributed by atoms with Crippen molar-refractivity contribution in [3.8, 4) is 33.4 Å². The number of hydrogen-bond acceptors (Lipinski definition) is 1. The Morgan fingerprint density at radius 1 is 0.224 bits per heavy atom. The number of para-hydroxylation sites is 1. The van der Waals surface area contributed by atoms with Gasteiger partial charge in [-0.3, -0.25) is 0 Å². The summed E-state index contributed by atoms with van der Waals surface area (Å²) in [6.07, 6.45) is 0.